The molecule has 0 atom stereocenters. The van der Waals surface area contributed by atoms with E-state index in [9.17, 15) is 0 Å². The van der Waals surface area contributed by atoms with Crippen molar-refractivity contribution in [3.63, 3.8) is 0 Å². The van der Waals surface area contributed by atoms with Crippen molar-refractivity contribution >= 4 is 5.96 Å². The number of hydrogen-bond acceptors (Lipinski definition) is 2. The molecule has 0 saturated carbocycles. The van der Waals surface area contributed by atoms with E-state index in [2.05, 4.69) is 72.8 Å². The second-order valence-corrected chi connectivity index (χ2v) is 6.29. The van der Waals surface area contributed by atoms with Gasteiger partial charge in [-0.15, -0.1) is 0 Å². The molecule has 25 heavy (non-hydrogen) atoms. The van der Waals surface area contributed by atoms with Gasteiger partial charge in [0.25, 0.3) is 0 Å². The molecular formula is C21H29N3O. The van der Waals surface area contributed by atoms with Gasteiger partial charge in [-0.1, -0.05) is 54.6 Å². The molecule has 4 heteroatoms. The van der Waals surface area contributed by atoms with Crippen LogP contribution in [0.5, 0.6) is 0 Å². The molecule has 0 fully saturated rings. The summed E-state index contributed by atoms with van der Waals surface area (Å²) in [6, 6.07) is 19.0. The van der Waals surface area contributed by atoms with Gasteiger partial charge in [0.1, 0.15) is 0 Å². The van der Waals surface area contributed by atoms with Crippen LogP contribution in [-0.4, -0.2) is 18.5 Å². The van der Waals surface area contributed by atoms with Crippen molar-refractivity contribution in [3.05, 3.63) is 71.3 Å². The van der Waals surface area contributed by atoms with E-state index in [4.69, 9.17) is 4.74 Å². The third-order valence-corrected chi connectivity index (χ3v) is 3.56. The number of benzene rings is 2. The highest BCUT2D eigenvalue weighted by Crippen LogP contribution is 2.10. The number of aliphatic imine (C=N–C) groups is 1. The Morgan fingerprint density at radius 3 is 2.36 bits per heavy atom. The molecule has 2 aromatic rings. The van der Waals surface area contributed by atoms with Crippen molar-refractivity contribution in [3.8, 4) is 0 Å². The van der Waals surface area contributed by atoms with Crippen LogP contribution in [-0.2, 0) is 24.5 Å². The zero-order valence-corrected chi connectivity index (χ0v) is 15.5. The maximum atomic E-state index is 5.82. The first kappa shape index (κ1) is 19.0. The molecule has 0 amide bonds. The Bertz CT molecular complexity index is 653. The van der Waals surface area contributed by atoms with Crippen molar-refractivity contribution in [2.24, 2.45) is 4.99 Å². The van der Waals surface area contributed by atoms with Crippen LogP contribution in [0.15, 0.2) is 59.6 Å². The number of ether oxygens (including phenoxy) is 1. The van der Waals surface area contributed by atoms with Gasteiger partial charge in [0, 0.05) is 12.6 Å². The van der Waals surface area contributed by atoms with Gasteiger partial charge >= 0.3 is 0 Å². The molecular weight excluding hydrogens is 310 g/mol. The second-order valence-electron chi connectivity index (χ2n) is 6.29. The number of nitrogens with zero attached hydrogens (tertiary/aromatic N) is 1. The highest BCUT2D eigenvalue weighted by molar-refractivity contribution is 5.79. The quantitative estimate of drug-likeness (QED) is 0.567. The van der Waals surface area contributed by atoms with E-state index in [1.54, 1.807) is 0 Å². The van der Waals surface area contributed by atoms with Crippen molar-refractivity contribution in [1.29, 1.82) is 0 Å². The smallest absolute Gasteiger partial charge is 0.191 e. The van der Waals surface area contributed by atoms with E-state index < -0.39 is 0 Å². The Hall–Kier alpha value is -2.33. The number of nitrogens with one attached hydrogen (secondary N) is 2. The minimum Gasteiger partial charge on any atom is -0.372 e. The van der Waals surface area contributed by atoms with E-state index in [0.29, 0.717) is 25.8 Å². The second kappa shape index (κ2) is 10.5. The molecule has 0 spiro atoms. The minimum atomic E-state index is 0.357. The van der Waals surface area contributed by atoms with E-state index in [-0.39, 0.29) is 0 Å². The Balaban J connectivity index is 1.89. The van der Waals surface area contributed by atoms with Crippen LogP contribution in [0.3, 0.4) is 0 Å². The molecule has 0 bridgehead atoms. The predicted octanol–water partition coefficient (Wildman–Crippen LogP) is 3.87. The van der Waals surface area contributed by atoms with Crippen molar-refractivity contribution in [2.45, 2.75) is 46.6 Å². The van der Waals surface area contributed by atoms with Crippen LogP contribution >= 0.6 is 0 Å². The lowest BCUT2D eigenvalue weighted by Gasteiger charge is -2.14. The summed E-state index contributed by atoms with van der Waals surface area (Å²) in [5.41, 5.74) is 3.55. The molecule has 0 unspecified atom stereocenters. The zero-order valence-electron chi connectivity index (χ0n) is 15.5. The third-order valence-electron chi connectivity index (χ3n) is 3.56. The summed E-state index contributed by atoms with van der Waals surface area (Å²) in [5.74, 6) is 0.850. The third kappa shape index (κ3) is 7.40. The molecule has 134 valence electrons. The fraction of sp³-hybridized carbons (Fsp3) is 0.381. The summed E-state index contributed by atoms with van der Waals surface area (Å²) >= 11 is 0. The molecule has 0 aliphatic heterocycles. The highest BCUT2D eigenvalue weighted by Gasteiger charge is 2.01. The molecule has 0 aliphatic rings. The fourth-order valence-corrected chi connectivity index (χ4v) is 2.44. The lowest BCUT2D eigenvalue weighted by atomic mass is 10.1. The van der Waals surface area contributed by atoms with Crippen molar-refractivity contribution < 1.29 is 4.74 Å². The molecule has 0 saturated heterocycles. The van der Waals surface area contributed by atoms with Gasteiger partial charge in [-0.2, -0.15) is 0 Å². The van der Waals surface area contributed by atoms with Crippen LogP contribution in [0.25, 0.3) is 0 Å². The minimum absolute atomic E-state index is 0.357. The topological polar surface area (TPSA) is 45.7 Å². The SMILES string of the molecule is CCNC(=NCc1cccc(COCc2ccccc2)c1)NC(C)C. The number of guanidine groups is 1. The van der Waals surface area contributed by atoms with E-state index in [0.717, 1.165) is 12.5 Å². The van der Waals surface area contributed by atoms with E-state index in [1.807, 2.05) is 18.2 Å². The standard InChI is InChI=1S/C21H29N3O/c1-4-22-21(24-17(2)3)23-14-19-11-8-12-20(13-19)16-25-15-18-9-6-5-7-10-18/h5-13,17H,4,14-16H2,1-3H3,(H2,22,23,24). The Labute approximate surface area is 151 Å². The van der Waals surface area contributed by atoms with Crippen LogP contribution in [0.4, 0.5) is 0 Å². The molecule has 0 aromatic heterocycles. The van der Waals surface area contributed by atoms with Gasteiger partial charge in [-0.05, 0) is 37.5 Å². The van der Waals surface area contributed by atoms with E-state index >= 15 is 0 Å². The lowest BCUT2D eigenvalue weighted by Crippen LogP contribution is -2.40. The first-order valence-electron chi connectivity index (χ1n) is 8.91. The van der Waals surface area contributed by atoms with Crippen LogP contribution < -0.4 is 10.6 Å². The maximum absolute atomic E-state index is 5.82. The summed E-state index contributed by atoms with van der Waals surface area (Å²) in [6.07, 6.45) is 0. The molecule has 0 radical (unpaired) electrons. The largest absolute Gasteiger partial charge is 0.372 e. The first-order chi connectivity index (χ1) is 12.2. The van der Waals surface area contributed by atoms with Gasteiger partial charge in [0.2, 0.25) is 0 Å². The molecule has 4 nitrogen and oxygen atoms in total. The Morgan fingerprint density at radius 1 is 0.960 bits per heavy atom. The van der Waals surface area contributed by atoms with Crippen molar-refractivity contribution in [1.82, 2.24) is 10.6 Å². The number of rotatable bonds is 8. The fourth-order valence-electron chi connectivity index (χ4n) is 2.44. The normalized spacial score (nSPS) is 11.6. The summed E-state index contributed by atoms with van der Waals surface area (Å²) in [7, 11) is 0. The van der Waals surface area contributed by atoms with Gasteiger partial charge in [-0.25, -0.2) is 4.99 Å². The molecule has 2 N–H and O–H groups in total. The van der Waals surface area contributed by atoms with Gasteiger partial charge in [0.05, 0.1) is 19.8 Å². The summed E-state index contributed by atoms with van der Waals surface area (Å²) < 4.78 is 5.82. The van der Waals surface area contributed by atoms with Crippen LogP contribution in [0.1, 0.15) is 37.5 Å². The van der Waals surface area contributed by atoms with Gasteiger partial charge in [0.15, 0.2) is 5.96 Å². The monoisotopic (exact) mass is 339 g/mol. The van der Waals surface area contributed by atoms with Gasteiger partial charge < -0.3 is 15.4 Å². The van der Waals surface area contributed by atoms with Gasteiger partial charge in [-0.3, -0.25) is 0 Å². The van der Waals surface area contributed by atoms with Crippen LogP contribution in [0, 0.1) is 0 Å². The molecule has 2 rings (SSSR count). The average molecular weight is 339 g/mol. The predicted molar refractivity (Wildman–Crippen MR) is 104 cm³/mol. The maximum Gasteiger partial charge on any atom is 0.191 e. The Kier molecular flexibility index (Phi) is 7.99. The average Bonchev–Trinajstić information content (AvgIpc) is 2.61. The highest BCUT2D eigenvalue weighted by atomic mass is 16.5. The summed E-state index contributed by atoms with van der Waals surface area (Å²) in [6.45, 7) is 9.03. The summed E-state index contributed by atoms with van der Waals surface area (Å²) in [4.78, 5) is 4.65. The molecule has 2 aromatic carbocycles. The molecule has 0 aliphatic carbocycles. The number of hydrogen-bond donors (Lipinski definition) is 2. The summed E-state index contributed by atoms with van der Waals surface area (Å²) in [5, 5.41) is 6.60. The zero-order chi connectivity index (χ0) is 17.9. The lowest BCUT2D eigenvalue weighted by molar-refractivity contribution is 0.107. The van der Waals surface area contributed by atoms with Crippen LogP contribution in [0.2, 0.25) is 0 Å². The van der Waals surface area contributed by atoms with Crippen molar-refractivity contribution in [2.75, 3.05) is 6.54 Å². The first-order valence-corrected chi connectivity index (χ1v) is 8.91. The van der Waals surface area contributed by atoms with E-state index in [1.165, 1.54) is 16.7 Å². The molecule has 0 heterocycles. The Morgan fingerprint density at radius 2 is 1.64 bits per heavy atom.